The van der Waals surface area contributed by atoms with E-state index >= 15 is 0 Å². The van der Waals surface area contributed by atoms with Gasteiger partial charge in [0.25, 0.3) is 0 Å². The lowest BCUT2D eigenvalue weighted by atomic mass is 10.1. The maximum Gasteiger partial charge on any atom is 0.354 e. The van der Waals surface area contributed by atoms with E-state index in [4.69, 9.17) is 10.8 Å². The summed E-state index contributed by atoms with van der Waals surface area (Å²) < 4.78 is 0. The van der Waals surface area contributed by atoms with Crippen LogP contribution in [-0.4, -0.2) is 16.1 Å². The van der Waals surface area contributed by atoms with Crippen LogP contribution in [-0.2, 0) is 0 Å². The molecule has 1 aromatic heterocycles. The van der Waals surface area contributed by atoms with E-state index in [9.17, 15) is 4.79 Å². The summed E-state index contributed by atoms with van der Waals surface area (Å²) in [5.41, 5.74) is 7.75. The molecule has 4 nitrogen and oxygen atoms in total. The molecular formula is C11H10N2O2. The molecule has 1 aromatic carbocycles. The average Bonchev–Trinajstić information content (AvgIpc) is 2.19. The molecule has 2 rings (SSSR count). The minimum atomic E-state index is -1.06. The molecule has 0 unspecified atom stereocenters. The summed E-state index contributed by atoms with van der Waals surface area (Å²) in [5.74, 6) is -1.06. The van der Waals surface area contributed by atoms with Crippen LogP contribution in [0.4, 0.5) is 5.69 Å². The van der Waals surface area contributed by atoms with Gasteiger partial charge in [-0.25, -0.2) is 9.78 Å². The van der Waals surface area contributed by atoms with E-state index < -0.39 is 5.97 Å². The van der Waals surface area contributed by atoms with Gasteiger partial charge in [-0.15, -0.1) is 0 Å². The Balaban J connectivity index is 2.85. The Morgan fingerprint density at radius 2 is 2.20 bits per heavy atom. The molecule has 0 bridgehead atoms. The fourth-order valence-corrected chi connectivity index (χ4v) is 1.53. The fraction of sp³-hybridized carbons (Fsp3) is 0.0909. The molecule has 0 fully saturated rings. The van der Waals surface area contributed by atoms with Gasteiger partial charge in [0.15, 0.2) is 5.69 Å². The van der Waals surface area contributed by atoms with E-state index in [2.05, 4.69) is 4.98 Å². The van der Waals surface area contributed by atoms with Crippen LogP contribution in [0, 0.1) is 6.92 Å². The molecule has 0 atom stereocenters. The Labute approximate surface area is 86.4 Å². The molecule has 4 heteroatoms. The van der Waals surface area contributed by atoms with Gasteiger partial charge in [-0.3, -0.25) is 0 Å². The zero-order valence-corrected chi connectivity index (χ0v) is 8.19. The van der Waals surface area contributed by atoms with Crippen LogP contribution in [0.1, 0.15) is 16.1 Å². The number of pyridine rings is 1. The fourth-order valence-electron chi connectivity index (χ4n) is 1.53. The minimum Gasteiger partial charge on any atom is -0.477 e. The maximum absolute atomic E-state index is 10.8. The van der Waals surface area contributed by atoms with Gasteiger partial charge >= 0.3 is 5.97 Å². The number of nitrogen functional groups attached to an aromatic ring is 1. The summed E-state index contributed by atoms with van der Waals surface area (Å²) in [4.78, 5) is 14.8. The lowest BCUT2D eigenvalue weighted by Gasteiger charge is -2.05. The Morgan fingerprint density at radius 3 is 2.87 bits per heavy atom. The highest BCUT2D eigenvalue weighted by molar-refractivity contribution is 5.97. The van der Waals surface area contributed by atoms with Crippen molar-refractivity contribution in [1.82, 2.24) is 4.98 Å². The molecule has 0 spiro atoms. The second-order valence-electron chi connectivity index (χ2n) is 3.37. The number of carboxylic acids is 1. The Morgan fingerprint density at radius 1 is 1.47 bits per heavy atom. The number of carbonyl (C=O) groups is 1. The van der Waals surface area contributed by atoms with Crippen molar-refractivity contribution < 1.29 is 9.90 Å². The predicted molar refractivity (Wildman–Crippen MR) is 57.9 cm³/mol. The zero-order chi connectivity index (χ0) is 11.0. The summed E-state index contributed by atoms with van der Waals surface area (Å²) in [6, 6.07) is 6.96. The smallest absolute Gasteiger partial charge is 0.354 e. The van der Waals surface area contributed by atoms with Gasteiger partial charge < -0.3 is 10.8 Å². The summed E-state index contributed by atoms with van der Waals surface area (Å²) >= 11 is 0. The van der Waals surface area contributed by atoms with Crippen molar-refractivity contribution in [3.63, 3.8) is 0 Å². The molecule has 76 valence electrons. The second kappa shape index (κ2) is 3.24. The van der Waals surface area contributed by atoms with E-state index in [1.807, 2.05) is 25.1 Å². The molecule has 2 aromatic rings. The number of aromatic nitrogens is 1. The minimum absolute atomic E-state index is 0.0192. The first-order valence-electron chi connectivity index (χ1n) is 4.48. The highest BCUT2D eigenvalue weighted by Gasteiger charge is 2.09. The quantitative estimate of drug-likeness (QED) is 0.739. The molecule has 0 aliphatic carbocycles. The van der Waals surface area contributed by atoms with Crippen LogP contribution >= 0.6 is 0 Å². The van der Waals surface area contributed by atoms with Crippen LogP contribution < -0.4 is 5.73 Å². The number of hydrogen-bond acceptors (Lipinski definition) is 3. The van der Waals surface area contributed by atoms with Crippen molar-refractivity contribution in [3.8, 4) is 0 Å². The Bertz CT molecular complexity index is 550. The number of benzene rings is 1. The van der Waals surface area contributed by atoms with Crippen molar-refractivity contribution in [2.75, 3.05) is 5.73 Å². The van der Waals surface area contributed by atoms with Crippen molar-refractivity contribution in [1.29, 1.82) is 0 Å². The maximum atomic E-state index is 10.8. The van der Waals surface area contributed by atoms with Crippen molar-refractivity contribution in [2.45, 2.75) is 6.92 Å². The standard InChI is InChI=1S/C11H10N2O2/c1-6-3-2-4-7-8(12)5-9(11(14)15)13-10(6)7/h2-5H,1H3,(H2,12,13)(H,14,15). The summed E-state index contributed by atoms with van der Waals surface area (Å²) in [7, 11) is 0. The Kier molecular flexibility index (Phi) is 2.04. The number of carboxylic acid groups (broad SMARTS) is 1. The Hall–Kier alpha value is -2.10. The van der Waals surface area contributed by atoms with Crippen molar-refractivity contribution in [3.05, 3.63) is 35.5 Å². The molecular weight excluding hydrogens is 192 g/mol. The number of anilines is 1. The SMILES string of the molecule is Cc1cccc2c(N)cc(C(=O)O)nc12. The van der Waals surface area contributed by atoms with Crippen LogP contribution in [0.2, 0.25) is 0 Å². The molecule has 0 saturated heterocycles. The molecule has 0 aliphatic heterocycles. The molecule has 0 radical (unpaired) electrons. The van der Waals surface area contributed by atoms with Crippen LogP contribution in [0.3, 0.4) is 0 Å². The van der Waals surface area contributed by atoms with E-state index in [0.717, 1.165) is 10.9 Å². The van der Waals surface area contributed by atoms with E-state index in [1.165, 1.54) is 6.07 Å². The van der Waals surface area contributed by atoms with E-state index in [-0.39, 0.29) is 5.69 Å². The lowest BCUT2D eigenvalue weighted by Crippen LogP contribution is -2.03. The van der Waals surface area contributed by atoms with Crippen LogP contribution in [0.25, 0.3) is 10.9 Å². The topological polar surface area (TPSA) is 76.2 Å². The molecule has 3 N–H and O–H groups in total. The molecule has 0 amide bonds. The number of fused-ring (bicyclic) bond motifs is 1. The third kappa shape index (κ3) is 1.50. The zero-order valence-electron chi connectivity index (χ0n) is 8.19. The van der Waals surface area contributed by atoms with Gasteiger partial charge in [0.2, 0.25) is 0 Å². The number of rotatable bonds is 1. The average molecular weight is 202 g/mol. The molecule has 1 heterocycles. The first-order chi connectivity index (χ1) is 7.09. The number of aryl methyl sites for hydroxylation is 1. The largest absolute Gasteiger partial charge is 0.477 e. The second-order valence-corrected chi connectivity index (χ2v) is 3.37. The number of aromatic carboxylic acids is 1. The summed E-state index contributed by atoms with van der Waals surface area (Å²) in [6.45, 7) is 1.88. The van der Waals surface area contributed by atoms with E-state index in [1.54, 1.807) is 0 Å². The third-order valence-corrected chi connectivity index (χ3v) is 2.29. The lowest BCUT2D eigenvalue weighted by molar-refractivity contribution is 0.0691. The van der Waals surface area contributed by atoms with Crippen molar-refractivity contribution >= 4 is 22.6 Å². The van der Waals surface area contributed by atoms with Crippen molar-refractivity contribution in [2.24, 2.45) is 0 Å². The number of hydrogen-bond donors (Lipinski definition) is 2. The molecule has 0 aliphatic rings. The van der Waals surface area contributed by atoms with Gasteiger partial charge in [0.05, 0.1) is 5.52 Å². The third-order valence-electron chi connectivity index (χ3n) is 2.29. The molecule has 0 saturated carbocycles. The first kappa shape index (κ1) is 9.45. The molecule has 15 heavy (non-hydrogen) atoms. The first-order valence-corrected chi connectivity index (χ1v) is 4.48. The van der Waals surface area contributed by atoms with Gasteiger partial charge in [0, 0.05) is 11.1 Å². The van der Waals surface area contributed by atoms with Gasteiger partial charge in [-0.2, -0.15) is 0 Å². The van der Waals surface area contributed by atoms with Gasteiger partial charge in [0.1, 0.15) is 0 Å². The summed E-state index contributed by atoms with van der Waals surface area (Å²) in [5, 5.41) is 9.63. The van der Waals surface area contributed by atoms with E-state index in [0.29, 0.717) is 11.2 Å². The monoisotopic (exact) mass is 202 g/mol. The van der Waals surface area contributed by atoms with Gasteiger partial charge in [-0.1, -0.05) is 18.2 Å². The predicted octanol–water partition coefficient (Wildman–Crippen LogP) is 1.82. The highest BCUT2D eigenvalue weighted by Crippen LogP contribution is 2.22. The number of nitrogens with zero attached hydrogens (tertiary/aromatic N) is 1. The van der Waals surface area contributed by atoms with Gasteiger partial charge in [-0.05, 0) is 18.6 Å². The number of para-hydroxylation sites is 1. The highest BCUT2D eigenvalue weighted by atomic mass is 16.4. The van der Waals surface area contributed by atoms with Crippen LogP contribution in [0.15, 0.2) is 24.3 Å². The normalized spacial score (nSPS) is 10.5. The summed E-state index contributed by atoms with van der Waals surface area (Å²) in [6.07, 6.45) is 0. The van der Waals surface area contributed by atoms with Crippen LogP contribution in [0.5, 0.6) is 0 Å². The number of nitrogens with two attached hydrogens (primary N) is 1.